The Morgan fingerprint density at radius 3 is 2.44 bits per heavy atom. The highest BCUT2D eigenvalue weighted by molar-refractivity contribution is 6.64. The van der Waals surface area contributed by atoms with Gasteiger partial charge in [0.1, 0.15) is 5.75 Å². The molecule has 1 aromatic carbocycles. The van der Waals surface area contributed by atoms with Crippen molar-refractivity contribution in [3.05, 3.63) is 23.8 Å². The number of hydrogen-bond donors (Lipinski definition) is 0. The number of carbonyl (C=O) groups is 2. The summed E-state index contributed by atoms with van der Waals surface area (Å²) in [6.07, 6.45) is 1.82. The first-order valence-electron chi connectivity index (χ1n) is 8.49. The lowest BCUT2D eigenvalue weighted by Gasteiger charge is -2.36. The molecule has 0 saturated heterocycles. The van der Waals surface area contributed by atoms with Crippen molar-refractivity contribution in [2.45, 2.75) is 59.9 Å². The monoisotopic (exact) mass is 366 g/mol. The Hall–Kier alpha value is -1.86. The molecule has 0 N–H and O–H groups in total. The predicted molar refractivity (Wildman–Crippen MR) is 94.7 cm³/mol. The fraction of sp³-hybridized carbons (Fsp3) is 0.556. The van der Waals surface area contributed by atoms with E-state index in [1.165, 1.54) is 13.8 Å². The van der Waals surface area contributed by atoms with Crippen molar-refractivity contribution in [2.75, 3.05) is 0 Å². The van der Waals surface area contributed by atoms with Crippen molar-refractivity contribution >= 4 is 26.4 Å². The number of benzene rings is 1. The Labute approximate surface area is 150 Å². The maximum Gasteiger partial charge on any atom is 0.483 e. The minimum absolute atomic E-state index is 0.402. The normalized spacial score (nSPS) is 19.3. The van der Waals surface area contributed by atoms with Gasteiger partial charge in [0.25, 0.3) is 11.9 Å². The van der Waals surface area contributed by atoms with Gasteiger partial charge in [0.2, 0.25) is 5.79 Å². The zero-order chi connectivity index (χ0) is 18.6. The Bertz CT molecular complexity index is 628. The van der Waals surface area contributed by atoms with Crippen molar-refractivity contribution in [3.8, 4) is 5.75 Å². The zero-order valence-electron chi connectivity index (χ0n) is 15.5. The molecule has 0 fully saturated rings. The summed E-state index contributed by atoms with van der Waals surface area (Å²) in [6.45, 7) is 9.28. The second-order valence-corrected chi connectivity index (χ2v) is 8.68. The largest absolute Gasteiger partial charge is 0.484 e. The summed E-state index contributed by atoms with van der Waals surface area (Å²) >= 11 is 0. The molecule has 0 radical (unpaired) electrons. The lowest BCUT2D eigenvalue weighted by atomic mass is 10.0. The lowest BCUT2D eigenvalue weighted by molar-refractivity contribution is -0.198. The van der Waals surface area contributed by atoms with E-state index in [4.69, 9.17) is 18.3 Å². The minimum atomic E-state index is -2.63. The molecule has 0 spiro atoms. The van der Waals surface area contributed by atoms with Crippen LogP contribution in [0.25, 0.3) is 0 Å². The van der Waals surface area contributed by atoms with Crippen LogP contribution >= 0.6 is 0 Å². The van der Waals surface area contributed by atoms with Crippen LogP contribution in [0.2, 0.25) is 0 Å². The van der Waals surface area contributed by atoms with Crippen molar-refractivity contribution in [2.24, 2.45) is 5.92 Å². The number of ether oxygens (including phenoxy) is 2. The molecule has 1 aliphatic heterocycles. The summed E-state index contributed by atoms with van der Waals surface area (Å²) in [4.78, 5) is 22.6. The molecule has 138 valence electrons. The molecule has 25 heavy (non-hydrogen) atoms. The van der Waals surface area contributed by atoms with Crippen LogP contribution in [0, 0.1) is 5.92 Å². The standard InChI is InChI=1S/C18H26O6Si/c1-12(2)8-9-18(5)21-11-15-10-16(6-7-17(15)22-18)25(23-13(3)19)24-14(4)20/h6-7,10,12,25H,8-9,11H2,1-5H3. The molecule has 7 heteroatoms. The van der Waals surface area contributed by atoms with E-state index in [1.807, 2.05) is 19.1 Å². The molecule has 1 aromatic rings. The number of rotatable bonds is 6. The van der Waals surface area contributed by atoms with E-state index < -0.39 is 27.0 Å². The third-order valence-corrected chi connectivity index (χ3v) is 5.93. The first kappa shape index (κ1) is 19.5. The third kappa shape index (κ3) is 5.57. The van der Waals surface area contributed by atoms with Crippen LogP contribution in [0.5, 0.6) is 5.75 Å². The van der Waals surface area contributed by atoms with E-state index in [9.17, 15) is 9.59 Å². The van der Waals surface area contributed by atoms with Crippen molar-refractivity contribution in [1.82, 2.24) is 0 Å². The summed E-state index contributed by atoms with van der Waals surface area (Å²) in [5.74, 6) is -0.248. The Morgan fingerprint density at radius 1 is 1.24 bits per heavy atom. The van der Waals surface area contributed by atoms with Crippen LogP contribution < -0.4 is 9.92 Å². The zero-order valence-corrected chi connectivity index (χ0v) is 16.6. The van der Waals surface area contributed by atoms with E-state index in [2.05, 4.69) is 13.8 Å². The molecule has 1 aliphatic rings. The van der Waals surface area contributed by atoms with E-state index >= 15 is 0 Å². The highest BCUT2D eigenvalue weighted by atomic mass is 28.3. The average molecular weight is 366 g/mol. The second-order valence-electron chi connectivity index (χ2n) is 6.88. The van der Waals surface area contributed by atoms with Crippen LogP contribution in [-0.2, 0) is 29.8 Å². The number of hydrogen-bond acceptors (Lipinski definition) is 6. The quantitative estimate of drug-likeness (QED) is 0.720. The van der Waals surface area contributed by atoms with Gasteiger partial charge in [-0.2, -0.15) is 0 Å². The number of fused-ring (bicyclic) bond motifs is 1. The van der Waals surface area contributed by atoms with Crippen LogP contribution in [0.4, 0.5) is 0 Å². The van der Waals surface area contributed by atoms with Crippen molar-refractivity contribution in [1.29, 1.82) is 0 Å². The molecule has 1 heterocycles. The van der Waals surface area contributed by atoms with Crippen LogP contribution in [0.15, 0.2) is 18.2 Å². The van der Waals surface area contributed by atoms with E-state index in [1.54, 1.807) is 6.07 Å². The van der Waals surface area contributed by atoms with Gasteiger partial charge in [-0.25, -0.2) is 0 Å². The molecule has 0 aromatic heterocycles. The van der Waals surface area contributed by atoms with Gasteiger partial charge in [0.15, 0.2) is 0 Å². The average Bonchev–Trinajstić information content (AvgIpc) is 2.51. The predicted octanol–water partition coefficient (Wildman–Crippen LogP) is 2.30. The fourth-order valence-electron chi connectivity index (χ4n) is 2.59. The van der Waals surface area contributed by atoms with Crippen LogP contribution in [0.1, 0.15) is 53.0 Å². The first-order chi connectivity index (χ1) is 11.7. The molecule has 0 amide bonds. The highest BCUT2D eigenvalue weighted by Gasteiger charge is 2.33. The van der Waals surface area contributed by atoms with Gasteiger partial charge in [-0.05, 0) is 24.5 Å². The Morgan fingerprint density at radius 2 is 1.88 bits per heavy atom. The molecular weight excluding hydrogens is 340 g/mol. The second kappa shape index (κ2) is 8.01. The molecule has 1 unspecified atom stereocenters. The SMILES string of the molecule is CC(=O)O[SiH](OC(C)=O)c1ccc2c(c1)COC(C)(CCC(C)C)O2. The summed E-state index contributed by atoms with van der Waals surface area (Å²) in [5, 5.41) is 0.696. The van der Waals surface area contributed by atoms with Gasteiger partial charge in [0, 0.05) is 37.9 Å². The topological polar surface area (TPSA) is 71.1 Å². The summed E-state index contributed by atoms with van der Waals surface area (Å²) in [6, 6.07) is 5.45. The third-order valence-electron chi connectivity index (χ3n) is 3.94. The molecule has 6 nitrogen and oxygen atoms in total. The molecule has 2 rings (SSSR count). The number of carbonyl (C=O) groups excluding carboxylic acids is 2. The first-order valence-corrected chi connectivity index (χ1v) is 10.0. The molecule has 0 bridgehead atoms. The van der Waals surface area contributed by atoms with E-state index in [0.717, 1.165) is 24.2 Å². The van der Waals surface area contributed by atoms with Crippen molar-refractivity contribution in [3.63, 3.8) is 0 Å². The summed E-state index contributed by atoms with van der Waals surface area (Å²) in [7, 11) is -2.63. The van der Waals surface area contributed by atoms with Gasteiger partial charge in [-0.15, -0.1) is 0 Å². The maximum absolute atomic E-state index is 11.3. The van der Waals surface area contributed by atoms with Gasteiger partial charge in [-0.1, -0.05) is 19.9 Å². The van der Waals surface area contributed by atoms with Gasteiger partial charge < -0.3 is 18.3 Å². The van der Waals surface area contributed by atoms with Gasteiger partial charge in [0.05, 0.1) is 6.61 Å². The smallest absolute Gasteiger partial charge is 0.483 e. The molecule has 0 saturated carbocycles. The van der Waals surface area contributed by atoms with E-state index in [-0.39, 0.29) is 0 Å². The Kier molecular flexibility index (Phi) is 6.24. The van der Waals surface area contributed by atoms with E-state index in [0.29, 0.717) is 17.7 Å². The maximum atomic E-state index is 11.3. The van der Waals surface area contributed by atoms with Crippen LogP contribution in [0.3, 0.4) is 0 Å². The van der Waals surface area contributed by atoms with Crippen molar-refractivity contribution < 1.29 is 27.9 Å². The van der Waals surface area contributed by atoms with Gasteiger partial charge >= 0.3 is 9.28 Å². The summed E-state index contributed by atoms with van der Waals surface area (Å²) < 4.78 is 22.4. The molecule has 0 aliphatic carbocycles. The van der Waals surface area contributed by atoms with Crippen LogP contribution in [-0.4, -0.2) is 27.0 Å². The highest BCUT2D eigenvalue weighted by Crippen LogP contribution is 2.34. The molecular formula is C18H26O6Si. The molecule has 1 atom stereocenters. The fourth-order valence-corrected chi connectivity index (χ4v) is 4.10. The Balaban J connectivity index is 2.17. The van der Waals surface area contributed by atoms with Gasteiger partial charge in [-0.3, -0.25) is 9.59 Å². The lowest BCUT2D eigenvalue weighted by Crippen LogP contribution is -2.42. The minimum Gasteiger partial charge on any atom is -0.484 e. The summed E-state index contributed by atoms with van der Waals surface area (Å²) in [5.41, 5.74) is 0.858.